The molecule has 5 nitrogen and oxygen atoms in total. The van der Waals surface area contributed by atoms with Crippen LogP contribution < -0.4 is 15.2 Å². The largest absolute Gasteiger partial charge is 0.486 e. The SMILES string of the molecule is CCC(C)N(CCOC)Cc1cc2c(cc1N)OCCO2. The van der Waals surface area contributed by atoms with E-state index in [1.54, 1.807) is 7.11 Å². The molecule has 1 unspecified atom stereocenters. The third kappa shape index (κ3) is 4.02. The summed E-state index contributed by atoms with van der Waals surface area (Å²) in [5.74, 6) is 1.54. The second kappa shape index (κ2) is 7.52. The Balaban J connectivity index is 2.15. The molecule has 0 saturated heterocycles. The second-order valence-electron chi connectivity index (χ2n) is 5.42. The number of nitrogens with zero attached hydrogens (tertiary/aromatic N) is 1. The maximum absolute atomic E-state index is 6.17. The van der Waals surface area contributed by atoms with Crippen molar-refractivity contribution in [3.8, 4) is 11.5 Å². The molecule has 2 N–H and O–H groups in total. The van der Waals surface area contributed by atoms with Gasteiger partial charge < -0.3 is 19.9 Å². The molecule has 1 atom stereocenters. The molecular formula is C16H26N2O3. The van der Waals surface area contributed by atoms with Crippen LogP contribution in [0.3, 0.4) is 0 Å². The molecule has 5 heteroatoms. The summed E-state index contributed by atoms with van der Waals surface area (Å²) in [7, 11) is 1.73. The molecular weight excluding hydrogens is 268 g/mol. The van der Waals surface area contributed by atoms with E-state index in [0.717, 1.165) is 48.9 Å². The Bertz CT molecular complexity index is 465. The van der Waals surface area contributed by atoms with Crippen LogP contribution in [0.2, 0.25) is 0 Å². The fourth-order valence-electron chi connectivity index (χ4n) is 2.42. The van der Waals surface area contributed by atoms with Gasteiger partial charge in [-0.25, -0.2) is 0 Å². The van der Waals surface area contributed by atoms with Crippen molar-refractivity contribution >= 4 is 5.69 Å². The van der Waals surface area contributed by atoms with E-state index >= 15 is 0 Å². The van der Waals surface area contributed by atoms with Gasteiger partial charge in [0.05, 0.1) is 6.61 Å². The fourth-order valence-corrected chi connectivity index (χ4v) is 2.42. The topological polar surface area (TPSA) is 57.0 Å². The molecule has 0 aliphatic carbocycles. The van der Waals surface area contributed by atoms with E-state index in [1.165, 1.54) is 0 Å². The van der Waals surface area contributed by atoms with Crippen molar-refractivity contribution in [2.24, 2.45) is 0 Å². The molecule has 1 aliphatic heterocycles. The number of benzene rings is 1. The summed E-state index contributed by atoms with van der Waals surface area (Å²) in [6, 6.07) is 4.36. The van der Waals surface area contributed by atoms with Crippen LogP contribution in [0.1, 0.15) is 25.8 Å². The summed E-state index contributed by atoms with van der Waals surface area (Å²) in [6.07, 6.45) is 1.09. The highest BCUT2D eigenvalue weighted by atomic mass is 16.6. The van der Waals surface area contributed by atoms with Gasteiger partial charge in [-0.2, -0.15) is 0 Å². The van der Waals surface area contributed by atoms with Gasteiger partial charge in [0.15, 0.2) is 11.5 Å². The lowest BCUT2D eigenvalue weighted by molar-refractivity contribution is 0.118. The molecule has 0 radical (unpaired) electrons. The molecule has 1 aromatic rings. The van der Waals surface area contributed by atoms with Crippen molar-refractivity contribution in [3.63, 3.8) is 0 Å². The van der Waals surface area contributed by atoms with Gasteiger partial charge in [0.2, 0.25) is 0 Å². The van der Waals surface area contributed by atoms with Crippen molar-refractivity contribution in [2.75, 3.05) is 39.2 Å². The Morgan fingerprint density at radius 3 is 2.57 bits per heavy atom. The highest BCUT2D eigenvalue weighted by Gasteiger charge is 2.18. The lowest BCUT2D eigenvalue weighted by Gasteiger charge is -2.29. The Morgan fingerprint density at radius 1 is 1.29 bits per heavy atom. The molecule has 0 amide bonds. The quantitative estimate of drug-likeness (QED) is 0.782. The summed E-state index contributed by atoms with van der Waals surface area (Å²) in [6.45, 7) is 7.99. The third-order valence-corrected chi connectivity index (χ3v) is 3.97. The minimum atomic E-state index is 0.479. The van der Waals surface area contributed by atoms with Crippen LogP contribution in [0.4, 0.5) is 5.69 Å². The molecule has 0 spiro atoms. The minimum absolute atomic E-state index is 0.479. The molecule has 0 bridgehead atoms. The monoisotopic (exact) mass is 294 g/mol. The standard InChI is InChI=1S/C16H26N2O3/c1-4-12(2)18(5-6-19-3)11-13-9-15-16(10-14(13)17)21-8-7-20-15/h9-10,12H,4-8,11,17H2,1-3H3. The third-order valence-electron chi connectivity index (χ3n) is 3.97. The zero-order valence-electron chi connectivity index (χ0n) is 13.2. The van der Waals surface area contributed by atoms with Crippen LogP contribution >= 0.6 is 0 Å². The summed E-state index contributed by atoms with van der Waals surface area (Å²) in [5, 5.41) is 0. The van der Waals surface area contributed by atoms with Gasteiger partial charge in [0.1, 0.15) is 13.2 Å². The average molecular weight is 294 g/mol. The zero-order valence-corrected chi connectivity index (χ0v) is 13.2. The first kappa shape index (κ1) is 15.9. The van der Waals surface area contributed by atoms with Crippen LogP contribution in [0, 0.1) is 0 Å². The zero-order chi connectivity index (χ0) is 15.2. The van der Waals surface area contributed by atoms with Crippen LogP contribution in [-0.2, 0) is 11.3 Å². The normalized spacial score (nSPS) is 15.2. The van der Waals surface area contributed by atoms with E-state index in [4.69, 9.17) is 19.9 Å². The summed E-state index contributed by atoms with van der Waals surface area (Å²) >= 11 is 0. The summed E-state index contributed by atoms with van der Waals surface area (Å²) in [5.41, 5.74) is 8.00. The van der Waals surface area contributed by atoms with Crippen molar-refractivity contribution < 1.29 is 14.2 Å². The number of nitrogen functional groups attached to an aromatic ring is 1. The lowest BCUT2D eigenvalue weighted by atomic mass is 10.1. The van der Waals surface area contributed by atoms with Crippen LogP contribution in [-0.4, -0.2) is 44.4 Å². The first-order valence-electron chi connectivity index (χ1n) is 7.56. The van der Waals surface area contributed by atoms with Gasteiger partial charge >= 0.3 is 0 Å². The highest BCUT2D eigenvalue weighted by Crippen LogP contribution is 2.35. The van der Waals surface area contributed by atoms with Crippen LogP contribution in [0.5, 0.6) is 11.5 Å². The minimum Gasteiger partial charge on any atom is -0.486 e. The number of ether oxygens (including phenoxy) is 3. The Labute approximate surface area is 127 Å². The van der Waals surface area contributed by atoms with E-state index < -0.39 is 0 Å². The predicted molar refractivity (Wildman–Crippen MR) is 83.9 cm³/mol. The lowest BCUT2D eigenvalue weighted by Crippen LogP contribution is -2.35. The summed E-state index contributed by atoms with van der Waals surface area (Å²) < 4.78 is 16.4. The number of nitrogens with two attached hydrogens (primary N) is 1. The fraction of sp³-hybridized carbons (Fsp3) is 0.625. The van der Waals surface area contributed by atoms with Gasteiger partial charge in [-0.1, -0.05) is 6.92 Å². The molecule has 0 saturated carbocycles. The molecule has 1 aliphatic rings. The van der Waals surface area contributed by atoms with E-state index in [0.29, 0.717) is 19.3 Å². The maximum atomic E-state index is 6.17. The van der Waals surface area contributed by atoms with Gasteiger partial charge in [-0.05, 0) is 25.0 Å². The van der Waals surface area contributed by atoms with E-state index in [9.17, 15) is 0 Å². The average Bonchev–Trinajstić information content (AvgIpc) is 2.51. The van der Waals surface area contributed by atoms with Gasteiger partial charge in [-0.3, -0.25) is 4.90 Å². The number of rotatable bonds is 7. The summed E-state index contributed by atoms with van der Waals surface area (Å²) in [4.78, 5) is 2.38. The second-order valence-corrected chi connectivity index (χ2v) is 5.42. The first-order chi connectivity index (χ1) is 10.2. The Hall–Kier alpha value is -1.46. The first-order valence-corrected chi connectivity index (χ1v) is 7.56. The predicted octanol–water partition coefficient (Wildman–Crippen LogP) is 2.29. The van der Waals surface area contributed by atoms with Crippen LogP contribution in [0.25, 0.3) is 0 Å². The molecule has 21 heavy (non-hydrogen) atoms. The number of fused-ring (bicyclic) bond motifs is 1. The Morgan fingerprint density at radius 2 is 1.95 bits per heavy atom. The highest BCUT2D eigenvalue weighted by molar-refractivity contribution is 5.58. The van der Waals surface area contributed by atoms with E-state index in [2.05, 4.69) is 18.7 Å². The molecule has 118 valence electrons. The number of anilines is 1. The molecule has 1 heterocycles. The number of hydrogen-bond donors (Lipinski definition) is 1. The smallest absolute Gasteiger partial charge is 0.163 e. The number of hydrogen-bond acceptors (Lipinski definition) is 5. The van der Waals surface area contributed by atoms with Gasteiger partial charge in [-0.15, -0.1) is 0 Å². The number of methoxy groups -OCH3 is 1. The maximum Gasteiger partial charge on any atom is 0.163 e. The van der Waals surface area contributed by atoms with Crippen molar-refractivity contribution in [1.82, 2.24) is 4.90 Å². The molecule has 0 aromatic heterocycles. The van der Waals surface area contributed by atoms with Gasteiger partial charge in [0, 0.05) is 38.0 Å². The van der Waals surface area contributed by atoms with Crippen LogP contribution in [0.15, 0.2) is 12.1 Å². The van der Waals surface area contributed by atoms with Gasteiger partial charge in [0.25, 0.3) is 0 Å². The molecule has 0 fully saturated rings. The van der Waals surface area contributed by atoms with Crippen molar-refractivity contribution in [3.05, 3.63) is 17.7 Å². The van der Waals surface area contributed by atoms with Crippen molar-refractivity contribution in [1.29, 1.82) is 0 Å². The van der Waals surface area contributed by atoms with Crippen molar-refractivity contribution in [2.45, 2.75) is 32.9 Å². The molecule has 2 rings (SSSR count). The van der Waals surface area contributed by atoms with E-state index in [1.807, 2.05) is 12.1 Å². The molecule has 1 aromatic carbocycles. The van der Waals surface area contributed by atoms with E-state index in [-0.39, 0.29) is 0 Å². The Kier molecular flexibility index (Phi) is 5.70.